The minimum absolute atomic E-state index is 0.130. The molecule has 1 aliphatic heterocycles. The van der Waals surface area contributed by atoms with Crippen molar-refractivity contribution in [3.63, 3.8) is 0 Å². The number of halogens is 1. The lowest BCUT2D eigenvalue weighted by atomic mass is 9.56. The molecule has 4 aromatic rings. The molecule has 1 heterocycles. The summed E-state index contributed by atoms with van der Waals surface area (Å²) in [4.78, 5) is 57.7. The number of carbonyl (C=O) groups excluding carboxylic acids is 4. The maximum atomic E-state index is 14.6. The maximum Gasteiger partial charge on any atom is 0.225 e. The summed E-state index contributed by atoms with van der Waals surface area (Å²) in [5, 5.41) is 48.7. The lowest BCUT2D eigenvalue weighted by molar-refractivity contribution is -0.301. The first kappa shape index (κ1) is 31.3. The van der Waals surface area contributed by atoms with Crippen molar-refractivity contribution in [3.05, 3.63) is 144 Å². The van der Waals surface area contributed by atoms with Crippen LogP contribution in [0.1, 0.15) is 41.4 Å². The summed E-state index contributed by atoms with van der Waals surface area (Å²) in [5.74, 6) is -5.41. The van der Waals surface area contributed by atoms with E-state index < -0.39 is 57.2 Å². The highest BCUT2D eigenvalue weighted by atomic mass is 79.9. The third-order valence-electron chi connectivity index (χ3n) is 7.92. The average Bonchev–Trinajstić information content (AvgIpc) is 3.08. The van der Waals surface area contributed by atoms with E-state index in [4.69, 9.17) is 4.74 Å². The Kier molecular flexibility index (Phi) is 8.34. The lowest BCUT2D eigenvalue weighted by Gasteiger charge is -2.60. The smallest absolute Gasteiger partial charge is 0.225 e. The highest BCUT2D eigenvalue weighted by Crippen LogP contribution is 2.56. The van der Waals surface area contributed by atoms with Crippen molar-refractivity contribution in [2.75, 3.05) is 6.61 Å². The highest BCUT2D eigenvalue weighted by Gasteiger charge is 2.85. The van der Waals surface area contributed by atoms with E-state index >= 15 is 0 Å². The summed E-state index contributed by atoms with van der Waals surface area (Å²) in [6.07, 6.45) is -2.23. The van der Waals surface area contributed by atoms with Crippen LogP contribution in [-0.4, -0.2) is 77.6 Å². The van der Waals surface area contributed by atoms with Crippen molar-refractivity contribution in [2.24, 2.45) is 0 Å². The first-order valence-corrected chi connectivity index (χ1v) is 14.3. The van der Waals surface area contributed by atoms with E-state index in [0.29, 0.717) is 0 Å². The van der Waals surface area contributed by atoms with Crippen LogP contribution in [-0.2, 0) is 4.74 Å². The first-order valence-electron chi connectivity index (χ1n) is 13.5. The van der Waals surface area contributed by atoms with Gasteiger partial charge in [0, 0.05) is 22.3 Å². The zero-order valence-corrected chi connectivity index (χ0v) is 24.6. The molecule has 0 amide bonds. The van der Waals surface area contributed by atoms with Crippen LogP contribution in [0.3, 0.4) is 0 Å². The molecular formula is C34H27BrO9. The zero-order chi connectivity index (χ0) is 31.8. The van der Waals surface area contributed by atoms with Crippen molar-refractivity contribution < 1.29 is 44.3 Å². The van der Waals surface area contributed by atoms with Gasteiger partial charge in [-0.25, -0.2) is 0 Å². The SMILES string of the molecule is O=C(c1ccccc1)C1(Br)O[C@H](CO)[C@](O)(C(=O)c2ccccc2)[C@@](O)(C(=O)c2ccccc2)[C@]1(O)C(=O)c1ccccc1. The largest absolute Gasteiger partial charge is 0.394 e. The number of aliphatic hydroxyl groups excluding tert-OH is 1. The summed E-state index contributed by atoms with van der Waals surface area (Å²) in [6.45, 7) is -1.23. The highest BCUT2D eigenvalue weighted by molar-refractivity contribution is 9.10. The van der Waals surface area contributed by atoms with Gasteiger partial charge in [0.1, 0.15) is 6.10 Å². The number of alkyl halides is 1. The normalized spacial score (nSPS) is 28.2. The number of aliphatic hydroxyl groups is 4. The van der Waals surface area contributed by atoms with Crippen LogP contribution >= 0.6 is 15.9 Å². The molecule has 44 heavy (non-hydrogen) atoms. The van der Waals surface area contributed by atoms with Gasteiger partial charge in [-0.3, -0.25) is 19.2 Å². The second-order valence-corrected chi connectivity index (χ2v) is 11.5. The van der Waals surface area contributed by atoms with Gasteiger partial charge in [0.15, 0.2) is 5.60 Å². The van der Waals surface area contributed by atoms with E-state index in [2.05, 4.69) is 15.9 Å². The summed E-state index contributed by atoms with van der Waals surface area (Å²) in [7, 11) is 0. The Balaban J connectivity index is 1.91. The molecule has 1 saturated heterocycles. The third-order valence-corrected chi connectivity index (χ3v) is 9.04. The molecule has 0 spiro atoms. The number of Topliss-reactive ketones (excluding diaryl/α,β-unsaturated/α-hetero) is 4. The Morgan fingerprint density at radius 1 is 0.545 bits per heavy atom. The lowest BCUT2D eigenvalue weighted by Crippen LogP contribution is -2.90. The predicted octanol–water partition coefficient (Wildman–Crippen LogP) is 3.19. The third kappa shape index (κ3) is 4.42. The molecule has 0 radical (unpaired) electrons. The average molecular weight is 659 g/mol. The maximum absolute atomic E-state index is 14.6. The summed E-state index contributed by atoms with van der Waals surface area (Å²) < 4.78 is 2.86. The zero-order valence-electron chi connectivity index (χ0n) is 23.0. The minimum atomic E-state index is -3.86. The van der Waals surface area contributed by atoms with Crippen LogP contribution in [0.25, 0.3) is 0 Å². The molecule has 0 bridgehead atoms. The predicted molar refractivity (Wildman–Crippen MR) is 162 cm³/mol. The number of ketones is 4. The molecule has 10 heteroatoms. The van der Waals surface area contributed by atoms with Crippen LogP contribution in [0.5, 0.6) is 0 Å². The molecule has 5 atom stereocenters. The standard InChI is InChI=1S/C34H27BrO9/c35-34(30(40)25-19-11-4-12-20-25)33(43,29(39)24-17-9-3-10-18-24)32(42,28(38)23-15-7-2-8-16-23)31(41,26(21-36)44-34)27(37)22-13-5-1-6-14-22/h1-20,26,36,41-43H,21H2/t26-,31+,32+,33-,34?/m1/s1. The monoisotopic (exact) mass is 658 g/mol. The number of ether oxygens (including phenoxy) is 1. The summed E-state index contributed by atoms with van der Waals surface area (Å²) >= 11 is 3.09. The summed E-state index contributed by atoms with van der Waals surface area (Å²) in [6, 6.07) is 28.1. The number of hydrogen-bond donors (Lipinski definition) is 4. The van der Waals surface area contributed by atoms with Gasteiger partial charge in [0.2, 0.25) is 38.8 Å². The van der Waals surface area contributed by atoms with E-state index in [1.165, 1.54) is 97.1 Å². The molecule has 1 unspecified atom stereocenters. The van der Waals surface area contributed by atoms with Crippen LogP contribution in [0.4, 0.5) is 0 Å². The van der Waals surface area contributed by atoms with Crippen molar-refractivity contribution in [3.8, 4) is 0 Å². The Hall–Kier alpha value is -4.16. The minimum Gasteiger partial charge on any atom is -0.394 e. The molecule has 0 aromatic heterocycles. The van der Waals surface area contributed by atoms with Crippen molar-refractivity contribution in [1.82, 2.24) is 0 Å². The van der Waals surface area contributed by atoms with Crippen molar-refractivity contribution in [2.45, 2.75) is 27.4 Å². The molecular weight excluding hydrogens is 632 g/mol. The Morgan fingerprint density at radius 3 is 1.23 bits per heavy atom. The Bertz CT molecular complexity index is 1700. The molecule has 5 rings (SSSR count). The number of hydrogen-bond acceptors (Lipinski definition) is 9. The van der Waals surface area contributed by atoms with E-state index in [1.54, 1.807) is 24.3 Å². The molecule has 1 aliphatic rings. The molecule has 4 N–H and O–H groups in total. The molecule has 0 aliphatic carbocycles. The van der Waals surface area contributed by atoms with E-state index in [1.807, 2.05) is 0 Å². The quantitative estimate of drug-likeness (QED) is 0.157. The first-order chi connectivity index (χ1) is 21.0. The molecule has 4 aromatic carbocycles. The van der Waals surface area contributed by atoms with Gasteiger partial charge >= 0.3 is 0 Å². The fraction of sp³-hybridized carbons (Fsp3) is 0.176. The van der Waals surface area contributed by atoms with Crippen LogP contribution in [0.2, 0.25) is 0 Å². The molecule has 1 fully saturated rings. The van der Waals surface area contributed by atoms with Crippen LogP contribution in [0, 0.1) is 0 Å². The second kappa shape index (κ2) is 11.7. The molecule has 0 saturated carbocycles. The van der Waals surface area contributed by atoms with Gasteiger partial charge in [-0.2, -0.15) is 0 Å². The van der Waals surface area contributed by atoms with Gasteiger partial charge < -0.3 is 25.2 Å². The molecule has 224 valence electrons. The van der Waals surface area contributed by atoms with Gasteiger partial charge in [-0.15, -0.1) is 0 Å². The Labute approximate surface area is 260 Å². The van der Waals surface area contributed by atoms with Gasteiger partial charge in [0.25, 0.3) is 0 Å². The van der Waals surface area contributed by atoms with Gasteiger partial charge in [-0.05, 0) is 15.9 Å². The summed E-state index contributed by atoms with van der Waals surface area (Å²) in [5.41, 5.74) is -12.1. The number of carbonyl (C=O) groups is 4. The Morgan fingerprint density at radius 2 is 0.864 bits per heavy atom. The van der Waals surface area contributed by atoms with Crippen molar-refractivity contribution in [1.29, 1.82) is 0 Å². The number of rotatable bonds is 9. The van der Waals surface area contributed by atoms with Crippen molar-refractivity contribution >= 4 is 39.1 Å². The van der Waals surface area contributed by atoms with Crippen LogP contribution in [0.15, 0.2) is 121 Å². The fourth-order valence-electron chi connectivity index (χ4n) is 5.64. The van der Waals surface area contributed by atoms with E-state index in [0.717, 1.165) is 0 Å². The number of benzene rings is 4. The van der Waals surface area contributed by atoms with E-state index in [9.17, 15) is 39.6 Å². The molecule has 9 nitrogen and oxygen atoms in total. The second-order valence-electron chi connectivity index (χ2n) is 10.4. The van der Waals surface area contributed by atoms with Gasteiger partial charge in [-0.1, -0.05) is 121 Å². The van der Waals surface area contributed by atoms with Crippen LogP contribution < -0.4 is 0 Å². The van der Waals surface area contributed by atoms with Gasteiger partial charge in [0.05, 0.1) is 6.61 Å². The topological polar surface area (TPSA) is 158 Å². The fourth-order valence-corrected chi connectivity index (χ4v) is 6.56. The van der Waals surface area contributed by atoms with E-state index in [-0.39, 0.29) is 22.3 Å².